The van der Waals surface area contributed by atoms with Gasteiger partial charge in [-0.1, -0.05) is 12.1 Å². The minimum absolute atomic E-state index is 0.0885. The second-order valence-corrected chi connectivity index (χ2v) is 5.99. The van der Waals surface area contributed by atoms with Gasteiger partial charge in [0.2, 0.25) is 0 Å². The lowest BCUT2D eigenvalue weighted by Crippen LogP contribution is -2.23. The van der Waals surface area contributed by atoms with Crippen LogP contribution in [-0.2, 0) is 11.3 Å². The maximum absolute atomic E-state index is 12.1. The molecule has 138 valence electrons. The minimum atomic E-state index is -0.272. The van der Waals surface area contributed by atoms with E-state index in [0.29, 0.717) is 29.3 Å². The first-order chi connectivity index (χ1) is 13.1. The molecule has 0 aliphatic rings. The molecular formula is C21H20N2O4. The fourth-order valence-electron chi connectivity index (χ4n) is 2.44. The van der Waals surface area contributed by atoms with E-state index in [9.17, 15) is 9.59 Å². The molecular weight excluding hydrogens is 344 g/mol. The van der Waals surface area contributed by atoms with Crippen LogP contribution in [-0.4, -0.2) is 18.4 Å². The topological polar surface area (TPSA) is 80.6 Å². The molecule has 3 rings (SSSR count). The fraction of sp³-hybridized carbons (Fsp3) is 0.143. The van der Waals surface area contributed by atoms with Gasteiger partial charge in [0.05, 0.1) is 12.8 Å². The molecule has 2 amide bonds. The van der Waals surface area contributed by atoms with Gasteiger partial charge in [0.25, 0.3) is 11.8 Å². The molecule has 3 aromatic rings. The summed E-state index contributed by atoms with van der Waals surface area (Å²) in [6, 6.07) is 17.7. The Morgan fingerprint density at radius 3 is 2.56 bits per heavy atom. The van der Waals surface area contributed by atoms with Crippen LogP contribution in [0.4, 0.5) is 5.69 Å². The van der Waals surface area contributed by atoms with E-state index in [1.165, 1.54) is 0 Å². The molecule has 0 aliphatic carbocycles. The van der Waals surface area contributed by atoms with Gasteiger partial charge in [0.1, 0.15) is 11.5 Å². The number of aryl methyl sites for hydroxylation is 1. The summed E-state index contributed by atoms with van der Waals surface area (Å²) in [4.78, 5) is 24.1. The van der Waals surface area contributed by atoms with E-state index in [-0.39, 0.29) is 18.4 Å². The van der Waals surface area contributed by atoms with Crippen molar-refractivity contribution in [1.29, 1.82) is 0 Å². The first-order valence-electron chi connectivity index (χ1n) is 8.50. The molecule has 27 heavy (non-hydrogen) atoms. The van der Waals surface area contributed by atoms with Gasteiger partial charge in [-0.15, -0.1) is 0 Å². The van der Waals surface area contributed by atoms with Crippen molar-refractivity contribution in [1.82, 2.24) is 5.32 Å². The molecule has 6 heteroatoms. The largest absolute Gasteiger partial charge is 0.484 e. The van der Waals surface area contributed by atoms with Crippen LogP contribution in [0, 0.1) is 6.92 Å². The Balaban J connectivity index is 1.47. The molecule has 0 fully saturated rings. The molecule has 0 bridgehead atoms. The van der Waals surface area contributed by atoms with Crippen molar-refractivity contribution < 1.29 is 18.7 Å². The molecule has 0 unspecified atom stereocenters. The summed E-state index contributed by atoms with van der Waals surface area (Å²) in [6.07, 6.45) is 1.56. The van der Waals surface area contributed by atoms with E-state index in [1.54, 1.807) is 48.7 Å². The Hall–Kier alpha value is -3.54. The first kappa shape index (κ1) is 18.3. The van der Waals surface area contributed by atoms with Crippen LogP contribution in [0.5, 0.6) is 5.75 Å². The molecule has 2 N–H and O–H groups in total. The number of furan rings is 1. The maximum atomic E-state index is 12.1. The van der Waals surface area contributed by atoms with Crippen LogP contribution in [0.25, 0.3) is 0 Å². The van der Waals surface area contributed by atoms with E-state index in [4.69, 9.17) is 9.15 Å². The number of benzene rings is 2. The lowest BCUT2D eigenvalue weighted by molar-refractivity contribution is -0.118. The molecule has 0 saturated heterocycles. The SMILES string of the molecule is Cc1cccc(OCC(=O)Nc2ccc(C(=O)NCc3ccco3)cc2)c1. The number of nitrogens with one attached hydrogen (secondary N) is 2. The second-order valence-electron chi connectivity index (χ2n) is 5.99. The van der Waals surface area contributed by atoms with Gasteiger partial charge in [0, 0.05) is 11.3 Å². The first-order valence-corrected chi connectivity index (χ1v) is 8.50. The lowest BCUT2D eigenvalue weighted by atomic mass is 10.2. The van der Waals surface area contributed by atoms with Crippen molar-refractivity contribution in [3.63, 3.8) is 0 Å². The molecule has 1 aromatic heterocycles. The van der Waals surface area contributed by atoms with Crippen LogP contribution < -0.4 is 15.4 Å². The van der Waals surface area contributed by atoms with E-state index < -0.39 is 0 Å². The Bertz CT molecular complexity index is 902. The van der Waals surface area contributed by atoms with Crippen LogP contribution in [0.15, 0.2) is 71.3 Å². The van der Waals surface area contributed by atoms with Gasteiger partial charge in [-0.3, -0.25) is 9.59 Å². The van der Waals surface area contributed by atoms with Gasteiger partial charge in [-0.25, -0.2) is 0 Å². The van der Waals surface area contributed by atoms with Crippen molar-refractivity contribution in [2.45, 2.75) is 13.5 Å². The van der Waals surface area contributed by atoms with Crippen molar-refractivity contribution >= 4 is 17.5 Å². The fourth-order valence-corrected chi connectivity index (χ4v) is 2.44. The van der Waals surface area contributed by atoms with Crippen molar-refractivity contribution in [3.05, 3.63) is 83.8 Å². The third kappa shape index (κ3) is 5.47. The Kier molecular flexibility index (Phi) is 5.89. The van der Waals surface area contributed by atoms with Crippen LogP contribution in [0.2, 0.25) is 0 Å². The third-order valence-electron chi connectivity index (χ3n) is 3.79. The second kappa shape index (κ2) is 8.71. The number of rotatable bonds is 7. The van der Waals surface area contributed by atoms with Crippen LogP contribution in [0.3, 0.4) is 0 Å². The Morgan fingerprint density at radius 2 is 1.85 bits per heavy atom. The summed E-state index contributed by atoms with van der Waals surface area (Å²) in [7, 11) is 0. The zero-order valence-electron chi connectivity index (χ0n) is 14.9. The average Bonchev–Trinajstić information content (AvgIpc) is 3.19. The molecule has 6 nitrogen and oxygen atoms in total. The van der Waals surface area contributed by atoms with E-state index in [2.05, 4.69) is 10.6 Å². The van der Waals surface area contributed by atoms with Gasteiger partial charge in [0.15, 0.2) is 6.61 Å². The highest BCUT2D eigenvalue weighted by molar-refractivity contribution is 5.96. The molecule has 0 aliphatic heterocycles. The van der Waals surface area contributed by atoms with Crippen molar-refractivity contribution in [3.8, 4) is 5.75 Å². The molecule has 0 radical (unpaired) electrons. The number of carbonyl (C=O) groups excluding carboxylic acids is 2. The number of hydrogen-bond acceptors (Lipinski definition) is 4. The molecule has 1 heterocycles. The molecule has 2 aromatic carbocycles. The monoisotopic (exact) mass is 364 g/mol. The van der Waals surface area contributed by atoms with E-state index in [1.807, 2.05) is 25.1 Å². The summed E-state index contributed by atoms with van der Waals surface area (Å²) in [5.74, 6) is 0.841. The smallest absolute Gasteiger partial charge is 0.262 e. The number of hydrogen-bond donors (Lipinski definition) is 2. The highest BCUT2D eigenvalue weighted by Gasteiger charge is 2.08. The van der Waals surface area contributed by atoms with Crippen LogP contribution in [0.1, 0.15) is 21.7 Å². The Morgan fingerprint density at radius 1 is 1.04 bits per heavy atom. The van der Waals surface area contributed by atoms with E-state index in [0.717, 1.165) is 5.56 Å². The highest BCUT2D eigenvalue weighted by atomic mass is 16.5. The molecule has 0 spiro atoms. The predicted octanol–water partition coefficient (Wildman–Crippen LogP) is 3.54. The highest BCUT2D eigenvalue weighted by Crippen LogP contribution is 2.13. The average molecular weight is 364 g/mol. The number of anilines is 1. The lowest BCUT2D eigenvalue weighted by Gasteiger charge is -2.09. The third-order valence-corrected chi connectivity index (χ3v) is 3.79. The number of carbonyl (C=O) groups is 2. The predicted molar refractivity (Wildman–Crippen MR) is 102 cm³/mol. The van der Waals surface area contributed by atoms with Crippen molar-refractivity contribution in [2.24, 2.45) is 0 Å². The number of amides is 2. The number of ether oxygens (including phenoxy) is 1. The zero-order chi connectivity index (χ0) is 19.1. The summed E-state index contributed by atoms with van der Waals surface area (Å²) in [5.41, 5.74) is 2.15. The summed E-state index contributed by atoms with van der Waals surface area (Å²) >= 11 is 0. The zero-order valence-corrected chi connectivity index (χ0v) is 14.9. The molecule has 0 saturated carbocycles. The molecule has 0 atom stereocenters. The quantitative estimate of drug-likeness (QED) is 0.672. The standard InChI is InChI=1S/C21H20N2O4/c1-15-4-2-5-18(12-15)27-14-20(24)23-17-9-7-16(8-10-17)21(25)22-13-19-6-3-11-26-19/h2-12H,13-14H2,1H3,(H,22,25)(H,23,24). The van der Waals surface area contributed by atoms with Gasteiger partial charge in [-0.05, 0) is 61.0 Å². The van der Waals surface area contributed by atoms with Crippen molar-refractivity contribution in [2.75, 3.05) is 11.9 Å². The van der Waals surface area contributed by atoms with Gasteiger partial charge >= 0.3 is 0 Å². The van der Waals surface area contributed by atoms with Crippen LogP contribution >= 0.6 is 0 Å². The van der Waals surface area contributed by atoms with E-state index >= 15 is 0 Å². The van der Waals surface area contributed by atoms with Gasteiger partial charge < -0.3 is 19.8 Å². The Labute approximate surface area is 157 Å². The van der Waals surface area contributed by atoms with Gasteiger partial charge in [-0.2, -0.15) is 0 Å². The summed E-state index contributed by atoms with van der Waals surface area (Å²) in [5, 5.41) is 5.50. The minimum Gasteiger partial charge on any atom is -0.484 e. The maximum Gasteiger partial charge on any atom is 0.262 e. The normalized spacial score (nSPS) is 10.3. The summed E-state index contributed by atoms with van der Waals surface area (Å²) < 4.78 is 10.6. The summed E-state index contributed by atoms with van der Waals surface area (Å²) in [6.45, 7) is 2.19.